The second kappa shape index (κ2) is 8.21. The quantitative estimate of drug-likeness (QED) is 0.628. The molecule has 1 atom stereocenters. The minimum Gasteiger partial charge on any atom is -0.383 e. The molecule has 0 aromatic heterocycles. The van der Waals surface area contributed by atoms with Crippen molar-refractivity contribution in [3.8, 4) is 0 Å². The lowest BCUT2D eigenvalue weighted by Gasteiger charge is -2.29. The normalized spacial score (nSPS) is 12.3. The van der Waals surface area contributed by atoms with Crippen molar-refractivity contribution in [2.24, 2.45) is 0 Å². The van der Waals surface area contributed by atoms with E-state index in [1.165, 1.54) is 0 Å². The van der Waals surface area contributed by atoms with Gasteiger partial charge in [0, 0.05) is 27.7 Å². The minimum atomic E-state index is 0.0668. The van der Waals surface area contributed by atoms with E-state index in [1.807, 2.05) is 23.1 Å². The molecule has 106 valence electrons. The summed E-state index contributed by atoms with van der Waals surface area (Å²) in [7, 11) is 1.65. The maximum Gasteiger partial charge on any atom is 0.255 e. The highest BCUT2D eigenvalue weighted by molar-refractivity contribution is 14.1. The zero-order valence-corrected chi connectivity index (χ0v) is 15.2. The van der Waals surface area contributed by atoms with E-state index in [4.69, 9.17) is 4.74 Å². The van der Waals surface area contributed by atoms with Gasteiger partial charge in [-0.2, -0.15) is 0 Å². The molecule has 0 fully saturated rings. The molecular weight excluding hydrogens is 421 g/mol. The number of carbonyl (C=O) groups excluding carboxylic acids is 1. The molecule has 1 amide bonds. The smallest absolute Gasteiger partial charge is 0.255 e. The van der Waals surface area contributed by atoms with E-state index >= 15 is 0 Å². The lowest BCUT2D eigenvalue weighted by molar-refractivity contribution is 0.0613. The Morgan fingerprint density at radius 3 is 2.79 bits per heavy atom. The average molecular weight is 440 g/mol. The van der Waals surface area contributed by atoms with Crippen molar-refractivity contribution in [2.75, 3.05) is 20.3 Å². The third kappa shape index (κ3) is 4.72. The summed E-state index contributed by atoms with van der Waals surface area (Å²) in [6, 6.07) is 5.98. The number of ether oxygens (including phenoxy) is 1. The van der Waals surface area contributed by atoms with Gasteiger partial charge in [-0.3, -0.25) is 4.79 Å². The van der Waals surface area contributed by atoms with E-state index in [0.717, 1.165) is 20.0 Å². The molecule has 0 aliphatic rings. The SMILES string of the molecule is CCC(C)N(CCOC)C(=O)c1cc(Br)ccc1I. The van der Waals surface area contributed by atoms with Crippen LogP contribution in [0.3, 0.4) is 0 Å². The largest absolute Gasteiger partial charge is 0.383 e. The van der Waals surface area contributed by atoms with E-state index in [-0.39, 0.29) is 11.9 Å². The molecule has 0 aliphatic heterocycles. The topological polar surface area (TPSA) is 29.5 Å². The summed E-state index contributed by atoms with van der Waals surface area (Å²) in [4.78, 5) is 14.6. The monoisotopic (exact) mass is 439 g/mol. The van der Waals surface area contributed by atoms with Crippen LogP contribution in [0.4, 0.5) is 0 Å². The number of benzene rings is 1. The molecule has 1 aromatic rings. The van der Waals surface area contributed by atoms with Crippen LogP contribution < -0.4 is 0 Å². The third-order valence-electron chi connectivity index (χ3n) is 3.08. The van der Waals surface area contributed by atoms with Crippen LogP contribution in [0.25, 0.3) is 0 Å². The second-order valence-corrected chi connectivity index (χ2v) is 6.45. The molecule has 1 aromatic carbocycles. The molecule has 3 nitrogen and oxygen atoms in total. The second-order valence-electron chi connectivity index (χ2n) is 4.37. The number of methoxy groups -OCH3 is 1. The molecule has 1 unspecified atom stereocenters. The first-order valence-corrected chi connectivity index (χ1v) is 8.13. The molecule has 19 heavy (non-hydrogen) atoms. The van der Waals surface area contributed by atoms with E-state index in [0.29, 0.717) is 13.2 Å². The van der Waals surface area contributed by atoms with Crippen molar-refractivity contribution < 1.29 is 9.53 Å². The Balaban J connectivity index is 3.00. The Morgan fingerprint density at radius 2 is 2.21 bits per heavy atom. The predicted octanol–water partition coefficient (Wildman–Crippen LogP) is 3.94. The lowest BCUT2D eigenvalue weighted by atomic mass is 10.1. The Morgan fingerprint density at radius 1 is 1.53 bits per heavy atom. The zero-order valence-electron chi connectivity index (χ0n) is 11.5. The molecule has 0 bridgehead atoms. The number of nitrogens with zero attached hydrogens (tertiary/aromatic N) is 1. The Kier molecular flexibility index (Phi) is 7.31. The predicted molar refractivity (Wildman–Crippen MR) is 89.5 cm³/mol. The summed E-state index contributed by atoms with van der Waals surface area (Å²) in [6.07, 6.45) is 0.931. The van der Waals surface area contributed by atoms with E-state index in [9.17, 15) is 4.79 Å². The van der Waals surface area contributed by atoms with Crippen molar-refractivity contribution >= 4 is 44.4 Å². The van der Waals surface area contributed by atoms with Crippen LogP contribution in [-0.4, -0.2) is 37.1 Å². The van der Waals surface area contributed by atoms with Gasteiger partial charge in [0.2, 0.25) is 0 Å². The number of amides is 1. The first-order chi connectivity index (χ1) is 9.01. The van der Waals surface area contributed by atoms with E-state index in [1.54, 1.807) is 7.11 Å². The summed E-state index contributed by atoms with van der Waals surface area (Å²) >= 11 is 5.62. The number of carbonyl (C=O) groups is 1. The molecule has 0 saturated carbocycles. The minimum absolute atomic E-state index is 0.0668. The summed E-state index contributed by atoms with van der Waals surface area (Å²) in [5, 5.41) is 0. The van der Waals surface area contributed by atoms with Gasteiger partial charge in [0.1, 0.15) is 0 Å². The van der Waals surface area contributed by atoms with Crippen LogP contribution in [0, 0.1) is 3.57 Å². The summed E-state index contributed by atoms with van der Waals surface area (Å²) in [6.45, 7) is 5.33. The summed E-state index contributed by atoms with van der Waals surface area (Å²) in [5.41, 5.74) is 0.742. The van der Waals surface area contributed by atoms with Gasteiger partial charge < -0.3 is 9.64 Å². The van der Waals surface area contributed by atoms with Gasteiger partial charge in [0.25, 0.3) is 5.91 Å². The molecule has 0 N–H and O–H groups in total. The first kappa shape index (κ1) is 16.9. The van der Waals surface area contributed by atoms with Gasteiger partial charge in [-0.05, 0) is 54.1 Å². The Hall–Kier alpha value is -0.140. The molecule has 0 heterocycles. The van der Waals surface area contributed by atoms with Crippen LogP contribution in [0.5, 0.6) is 0 Å². The third-order valence-corrected chi connectivity index (χ3v) is 4.51. The zero-order chi connectivity index (χ0) is 14.4. The number of halogens is 2. The fourth-order valence-electron chi connectivity index (χ4n) is 1.75. The summed E-state index contributed by atoms with van der Waals surface area (Å²) < 4.78 is 6.99. The van der Waals surface area contributed by atoms with Gasteiger partial charge in [-0.1, -0.05) is 22.9 Å². The van der Waals surface area contributed by atoms with Gasteiger partial charge >= 0.3 is 0 Å². The Bertz CT molecular complexity index is 439. The fourth-order valence-corrected chi connectivity index (χ4v) is 2.68. The maximum atomic E-state index is 12.7. The molecule has 1 rings (SSSR count). The van der Waals surface area contributed by atoms with Crippen molar-refractivity contribution in [2.45, 2.75) is 26.3 Å². The number of hydrogen-bond acceptors (Lipinski definition) is 2. The van der Waals surface area contributed by atoms with Crippen molar-refractivity contribution in [3.05, 3.63) is 31.8 Å². The highest BCUT2D eigenvalue weighted by atomic mass is 127. The van der Waals surface area contributed by atoms with Gasteiger partial charge in [-0.25, -0.2) is 0 Å². The number of rotatable bonds is 6. The van der Waals surface area contributed by atoms with E-state index in [2.05, 4.69) is 52.4 Å². The highest BCUT2D eigenvalue weighted by Gasteiger charge is 2.22. The van der Waals surface area contributed by atoms with Crippen LogP contribution in [0.1, 0.15) is 30.6 Å². The van der Waals surface area contributed by atoms with Crippen LogP contribution in [0.15, 0.2) is 22.7 Å². The van der Waals surface area contributed by atoms with Gasteiger partial charge in [0.05, 0.1) is 12.2 Å². The van der Waals surface area contributed by atoms with Crippen LogP contribution in [-0.2, 0) is 4.74 Å². The molecule has 0 radical (unpaired) electrons. The highest BCUT2D eigenvalue weighted by Crippen LogP contribution is 2.21. The van der Waals surface area contributed by atoms with Crippen molar-refractivity contribution in [1.29, 1.82) is 0 Å². The van der Waals surface area contributed by atoms with Crippen molar-refractivity contribution in [1.82, 2.24) is 4.90 Å². The average Bonchev–Trinajstić information content (AvgIpc) is 2.41. The fraction of sp³-hybridized carbons (Fsp3) is 0.500. The van der Waals surface area contributed by atoms with Crippen LogP contribution in [0.2, 0.25) is 0 Å². The molecule has 0 spiro atoms. The van der Waals surface area contributed by atoms with Crippen molar-refractivity contribution in [3.63, 3.8) is 0 Å². The molecular formula is C14H19BrINO2. The molecule has 0 saturated heterocycles. The van der Waals surface area contributed by atoms with Gasteiger partial charge in [-0.15, -0.1) is 0 Å². The van der Waals surface area contributed by atoms with Crippen LogP contribution >= 0.6 is 38.5 Å². The lowest BCUT2D eigenvalue weighted by Crippen LogP contribution is -2.40. The van der Waals surface area contributed by atoms with Gasteiger partial charge in [0.15, 0.2) is 0 Å². The van der Waals surface area contributed by atoms with E-state index < -0.39 is 0 Å². The molecule has 0 aliphatic carbocycles. The first-order valence-electron chi connectivity index (χ1n) is 6.26. The number of hydrogen-bond donors (Lipinski definition) is 0. The Labute approximate surface area is 137 Å². The summed E-state index contributed by atoms with van der Waals surface area (Å²) in [5.74, 6) is 0.0668. The molecule has 5 heteroatoms. The standard InChI is InChI=1S/C14H19BrINO2/c1-4-10(2)17(7-8-19-3)14(18)12-9-11(15)5-6-13(12)16/h5-6,9-10H,4,7-8H2,1-3H3. The maximum absolute atomic E-state index is 12.7.